The molecule has 5 rings (SSSR count). The molecule has 1 aliphatic rings. The standard InChI is InChI=1S/C23H24N6O3S/c1-2-15-12-24-21(25-13-15)28-8-6-18(7-9-28)32-23-27-20(14-33-23)29-10-5-16-11-17(26-22(30)31)3-4-19(16)29/h3-5,10-14,18,26H,2,6-9H2,1H3,(H,30,31). The zero-order valence-electron chi connectivity index (χ0n) is 18.1. The van der Waals surface area contributed by atoms with Gasteiger partial charge in [0.15, 0.2) is 5.82 Å². The van der Waals surface area contributed by atoms with Crippen LogP contribution in [0.1, 0.15) is 25.3 Å². The number of nitrogens with one attached hydrogen (secondary N) is 1. The average molecular weight is 465 g/mol. The second-order valence-electron chi connectivity index (χ2n) is 7.91. The van der Waals surface area contributed by atoms with E-state index in [1.165, 1.54) is 11.3 Å². The molecule has 1 fully saturated rings. The van der Waals surface area contributed by atoms with Crippen molar-refractivity contribution in [2.45, 2.75) is 32.3 Å². The molecule has 10 heteroatoms. The number of hydrogen-bond donors (Lipinski definition) is 2. The van der Waals surface area contributed by atoms with E-state index in [1.54, 1.807) is 12.1 Å². The molecule has 0 saturated carbocycles. The number of rotatable bonds is 6. The molecular formula is C23H24N6O3S. The third kappa shape index (κ3) is 4.61. The number of carboxylic acid groups (broad SMARTS) is 1. The van der Waals surface area contributed by atoms with Crippen LogP contribution >= 0.6 is 11.3 Å². The van der Waals surface area contributed by atoms with E-state index in [4.69, 9.17) is 9.84 Å². The van der Waals surface area contributed by atoms with Gasteiger partial charge in [0.25, 0.3) is 5.19 Å². The topological polar surface area (TPSA) is 105 Å². The minimum absolute atomic E-state index is 0.112. The molecule has 9 nitrogen and oxygen atoms in total. The van der Waals surface area contributed by atoms with Gasteiger partial charge in [-0.25, -0.2) is 14.8 Å². The Morgan fingerprint density at radius 2 is 2.03 bits per heavy atom. The molecule has 3 aromatic heterocycles. The van der Waals surface area contributed by atoms with E-state index in [2.05, 4.69) is 32.1 Å². The Balaban J connectivity index is 1.22. The van der Waals surface area contributed by atoms with Gasteiger partial charge in [0.2, 0.25) is 5.95 Å². The zero-order chi connectivity index (χ0) is 22.8. The number of aromatic nitrogens is 4. The number of amides is 1. The summed E-state index contributed by atoms with van der Waals surface area (Å²) in [7, 11) is 0. The predicted molar refractivity (Wildman–Crippen MR) is 128 cm³/mol. The van der Waals surface area contributed by atoms with Crippen LogP contribution in [0.4, 0.5) is 16.4 Å². The lowest BCUT2D eigenvalue weighted by atomic mass is 10.1. The van der Waals surface area contributed by atoms with Gasteiger partial charge in [-0.1, -0.05) is 18.3 Å². The van der Waals surface area contributed by atoms with Crippen LogP contribution in [0.5, 0.6) is 5.19 Å². The van der Waals surface area contributed by atoms with E-state index >= 15 is 0 Å². The van der Waals surface area contributed by atoms with Crippen molar-refractivity contribution in [2.24, 2.45) is 0 Å². The molecule has 0 radical (unpaired) electrons. The van der Waals surface area contributed by atoms with Gasteiger partial charge >= 0.3 is 6.09 Å². The lowest BCUT2D eigenvalue weighted by Crippen LogP contribution is -2.39. The molecule has 1 aromatic carbocycles. The summed E-state index contributed by atoms with van der Waals surface area (Å²) < 4.78 is 8.16. The summed E-state index contributed by atoms with van der Waals surface area (Å²) >= 11 is 1.48. The normalized spacial score (nSPS) is 14.5. The van der Waals surface area contributed by atoms with E-state index in [0.29, 0.717) is 10.9 Å². The molecule has 0 aliphatic carbocycles. The van der Waals surface area contributed by atoms with Crippen LogP contribution in [-0.4, -0.2) is 49.9 Å². The summed E-state index contributed by atoms with van der Waals surface area (Å²) in [6, 6.07) is 7.36. The summed E-state index contributed by atoms with van der Waals surface area (Å²) in [6.45, 7) is 3.80. The van der Waals surface area contributed by atoms with E-state index in [0.717, 1.165) is 60.6 Å². The number of nitrogens with zero attached hydrogens (tertiary/aromatic N) is 5. The van der Waals surface area contributed by atoms with Crippen molar-refractivity contribution in [3.8, 4) is 11.0 Å². The number of hydrogen-bond acceptors (Lipinski definition) is 7. The molecule has 170 valence electrons. The first-order chi connectivity index (χ1) is 16.1. The third-order valence-electron chi connectivity index (χ3n) is 5.75. The number of ether oxygens (including phenoxy) is 1. The molecule has 0 atom stereocenters. The molecule has 1 saturated heterocycles. The Hall–Kier alpha value is -3.66. The monoisotopic (exact) mass is 464 g/mol. The van der Waals surface area contributed by atoms with E-state index in [9.17, 15) is 4.79 Å². The SMILES string of the molecule is CCc1cnc(N2CCC(Oc3nc(-n4ccc5cc(NC(=O)O)ccc54)cs3)CC2)nc1. The second-order valence-corrected chi connectivity index (χ2v) is 8.73. The maximum absolute atomic E-state index is 10.9. The van der Waals surface area contributed by atoms with Crippen LogP contribution in [0.15, 0.2) is 48.2 Å². The minimum atomic E-state index is -1.08. The second kappa shape index (κ2) is 9.07. The largest absolute Gasteiger partial charge is 0.467 e. The van der Waals surface area contributed by atoms with Gasteiger partial charge in [-0.05, 0) is 36.2 Å². The summed E-state index contributed by atoms with van der Waals surface area (Å²) in [4.78, 5) is 26.7. The number of fused-ring (bicyclic) bond motifs is 1. The van der Waals surface area contributed by atoms with Crippen molar-refractivity contribution in [3.63, 3.8) is 0 Å². The summed E-state index contributed by atoms with van der Waals surface area (Å²) in [5.74, 6) is 1.56. The quantitative estimate of drug-likeness (QED) is 0.430. The Morgan fingerprint density at radius 3 is 2.76 bits per heavy atom. The van der Waals surface area contributed by atoms with Gasteiger partial charge in [0.1, 0.15) is 6.10 Å². The van der Waals surface area contributed by atoms with Gasteiger partial charge < -0.3 is 19.3 Å². The highest BCUT2D eigenvalue weighted by Gasteiger charge is 2.23. The maximum atomic E-state index is 10.9. The highest BCUT2D eigenvalue weighted by Crippen LogP contribution is 2.29. The number of carbonyl (C=O) groups is 1. The first-order valence-corrected chi connectivity index (χ1v) is 11.8. The molecule has 2 N–H and O–H groups in total. The molecule has 0 unspecified atom stereocenters. The molecule has 33 heavy (non-hydrogen) atoms. The van der Waals surface area contributed by atoms with Crippen molar-refractivity contribution in [3.05, 3.63) is 53.8 Å². The molecular weight excluding hydrogens is 440 g/mol. The van der Waals surface area contributed by atoms with Crippen molar-refractivity contribution in [1.82, 2.24) is 19.5 Å². The molecule has 1 amide bonds. The highest BCUT2D eigenvalue weighted by atomic mass is 32.1. The maximum Gasteiger partial charge on any atom is 0.409 e. The predicted octanol–water partition coefficient (Wildman–Crippen LogP) is 4.58. The van der Waals surface area contributed by atoms with Gasteiger partial charge in [-0.15, -0.1) is 0 Å². The fourth-order valence-electron chi connectivity index (χ4n) is 3.97. The molecule has 1 aliphatic heterocycles. The number of anilines is 2. The van der Waals surface area contributed by atoms with Crippen LogP contribution in [0.2, 0.25) is 0 Å². The van der Waals surface area contributed by atoms with Crippen molar-refractivity contribution in [2.75, 3.05) is 23.3 Å². The number of thiazole rings is 1. The van der Waals surface area contributed by atoms with Crippen LogP contribution in [0.25, 0.3) is 16.7 Å². The number of benzene rings is 1. The van der Waals surface area contributed by atoms with E-state index in [-0.39, 0.29) is 6.10 Å². The average Bonchev–Trinajstić information content (AvgIpc) is 3.46. The molecule has 4 aromatic rings. The van der Waals surface area contributed by atoms with Crippen LogP contribution in [0.3, 0.4) is 0 Å². The summed E-state index contributed by atoms with van der Waals surface area (Å²) in [6.07, 6.45) is 7.47. The Kier molecular flexibility index (Phi) is 5.82. The highest BCUT2D eigenvalue weighted by molar-refractivity contribution is 7.11. The lowest BCUT2D eigenvalue weighted by molar-refractivity contribution is 0.170. The van der Waals surface area contributed by atoms with Crippen molar-refractivity contribution in [1.29, 1.82) is 0 Å². The summed E-state index contributed by atoms with van der Waals surface area (Å²) in [5.41, 5.74) is 2.63. The Bertz CT molecular complexity index is 1260. The Morgan fingerprint density at radius 1 is 1.24 bits per heavy atom. The fourth-order valence-corrected chi connectivity index (χ4v) is 4.68. The molecule has 0 spiro atoms. The number of piperidine rings is 1. The Labute approximate surface area is 194 Å². The van der Waals surface area contributed by atoms with Gasteiger partial charge in [-0.2, -0.15) is 4.98 Å². The zero-order valence-corrected chi connectivity index (χ0v) is 19.0. The fraction of sp³-hybridized carbons (Fsp3) is 0.304. The first-order valence-electron chi connectivity index (χ1n) is 10.9. The number of aryl methyl sites for hydroxylation is 1. The van der Waals surface area contributed by atoms with Gasteiger partial charge in [0, 0.05) is 61.0 Å². The molecule has 4 heterocycles. The minimum Gasteiger partial charge on any atom is -0.467 e. The summed E-state index contributed by atoms with van der Waals surface area (Å²) in [5, 5.41) is 14.8. The molecule has 0 bridgehead atoms. The van der Waals surface area contributed by atoms with E-state index < -0.39 is 6.09 Å². The van der Waals surface area contributed by atoms with Crippen LogP contribution < -0.4 is 15.0 Å². The van der Waals surface area contributed by atoms with Crippen molar-refractivity contribution < 1.29 is 14.6 Å². The van der Waals surface area contributed by atoms with Gasteiger partial charge in [-0.3, -0.25) is 5.32 Å². The smallest absolute Gasteiger partial charge is 0.409 e. The van der Waals surface area contributed by atoms with Crippen LogP contribution in [-0.2, 0) is 6.42 Å². The van der Waals surface area contributed by atoms with Gasteiger partial charge in [0.05, 0.1) is 5.52 Å². The van der Waals surface area contributed by atoms with Crippen molar-refractivity contribution >= 4 is 40.0 Å². The third-order valence-corrected chi connectivity index (χ3v) is 6.47. The van der Waals surface area contributed by atoms with Crippen LogP contribution in [0, 0.1) is 0 Å². The first kappa shape index (κ1) is 21.2. The van der Waals surface area contributed by atoms with E-state index in [1.807, 2.05) is 40.7 Å². The lowest BCUT2D eigenvalue weighted by Gasteiger charge is -2.31.